The Morgan fingerprint density at radius 1 is 1.21 bits per heavy atom. The Kier molecular flexibility index (Phi) is 4.37. The highest BCUT2D eigenvalue weighted by Crippen LogP contribution is 2.15. The van der Waals surface area contributed by atoms with E-state index in [2.05, 4.69) is 10.3 Å². The van der Waals surface area contributed by atoms with Crippen molar-refractivity contribution in [3.63, 3.8) is 0 Å². The molecule has 0 unspecified atom stereocenters. The fourth-order valence-corrected chi connectivity index (χ4v) is 2.17. The third-order valence-electron chi connectivity index (χ3n) is 3.40. The molecular formula is C16H14N4O4. The Balaban J connectivity index is 1.55. The molecule has 1 amide bonds. The Labute approximate surface area is 136 Å². The van der Waals surface area contributed by atoms with Gasteiger partial charge in [0.25, 0.3) is 5.91 Å². The molecule has 8 heteroatoms. The number of nitrogens with one attached hydrogen (secondary N) is 1. The van der Waals surface area contributed by atoms with Gasteiger partial charge in [-0.2, -0.15) is 0 Å². The molecule has 24 heavy (non-hydrogen) atoms. The molecule has 2 heterocycles. The van der Waals surface area contributed by atoms with Crippen LogP contribution in [0.3, 0.4) is 0 Å². The van der Waals surface area contributed by atoms with E-state index in [1.807, 2.05) is 35.0 Å². The summed E-state index contributed by atoms with van der Waals surface area (Å²) in [6, 6.07) is 10.2. The average molecular weight is 326 g/mol. The quantitative estimate of drug-likeness (QED) is 0.553. The van der Waals surface area contributed by atoms with Gasteiger partial charge in [0.05, 0.1) is 12.4 Å². The lowest BCUT2D eigenvalue weighted by Crippen LogP contribution is -2.22. The van der Waals surface area contributed by atoms with Crippen molar-refractivity contribution in [2.75, 3.05) is 0 Å². The second-order valence-electron chi connectivity index (χ2n) is 5.13. The zero-order valence-corrected chi connectivity index (χ0v) is 12.6. The number of hydrogen-bond donors (Lipinski definition) is 1. The molecule has 0 saturated heterocycles. The van der Waals surface area contributed by atoms with Crippen molar-refractivity contribution in [3.8, 4) is 0 Å². The van der Waals surface area contributed by atoms with E-state index < -0.39 is 16.7 Å². The molecule has 1 N–H and O–H groups in total. The highest BCUT2D eigenvalue weighted by molar-refractivity contribution is 5.91. The van der Waals surface area contributed by atoms with Crippen molar-refractivity contribution in [3.05, 3.63) is 82.1 Å². The van der Waals surface area contributed by atoms with E-state index in [4.69, 9.17) is 4.42 Å². The Hall–Kier alpha value is -3.42. The Bertz CT molecular complexity index is 837. The molecule has 2 aromatic heterocycles. The molecule has 122 valence electrons. The third kappa shape index (κ3) is 3.67. The maximum Gasteiger partial charge on any atom is 0.433 e. The van der Waals surface area contributed by atoms with Crippen LogP contribution in [-0.4, -0.2) is 20.4 Å². The van der Waals surface area contributed by atoms with Crippen LogP contribution in [0, 0.1) is 10.1 Å². The molecule has 3 rings (SSSR count). The molecular weight excluding hydrogens is 312 g/mol. The van der Waals surface area contributed by atoms with Gasteiger partial charge in [-0.15, -0.1) is 0 Å². The minimum Gasteiger partial charge on any atom is -0.395 e. The van der Waals surface area contributed by atoms with Gasteiger partial charge >= 0.3 is 5.88 Å². The van der Waals surface area contributed by atoms with Crippen LogP contribution in [0.25, 0.3) is 0 Å². The smallest absolute Gasteiger partial charge is 0.395 e. The van der Waals surface area contributed by atoms with Crippen molar-refractivity contribution in [1.82, 2.24) is 14.9 Å². The second-order valence-corrected chi connectivity index (χ2v) is 5.13. The van der Waals surface area contributed by atoms with Crippen LogP contribution >= 0.6 is 0 Å². The van der Waals surface area contributed by atoms with Gasteiger partial charge in [-0.25, -0.2) is 4.98 Å². The molecule has 0 spiro atoms. The monoisotopic (exact) mass is 326 g/mol. The first-order valence-corrected chi connectivity index (χ1v) is 7.18. The van der Waals surface area contributed by atoms with Gasteiger partial charge in [0, 0.05) is 25.5 Å². The second kappa shape index (κ2) is 6.78. The van der Waals surface area contributed by atoms with Crippen molar-refractivity contribution in [1.29, 1.82) is 0 Å². The first-order valence-electron chi connectivity index (χ1n) is 7.18. The van der Waals surface area contributed by atoms with E-state index in [0.29, 0.717) is 6.54 Å². The topological polar surface area (TPSA) is 103 Å². The lowest BCUT2D eigenvalue weighted by Gasteiger charge is -2.06. The number of carbonyl (C=O) groups excluding carboxylic acids is 1. The van der Waals surface area contributed by atoms with E-state index in [0.717, 1.165) is 23.7 Å². The van der Waals surface area contributed by atoms with Gasteiger partial charge in [0.2, 0.25) is 0 Å². The van der Waals surface area contributed by atoms with Gasteiger partial charge in [-0.05, 0) is 17.2 Å². The SMILES string of the molecule is O=C(NCc1ccc(Cn2ccnc2)cc1)c1ccc([N+](=O)[O-])o1. The molecule has 0 aliphatic heterocycles. The molecule has 0 saturated carbocycles. The van der Waals surface area contributed by atoms with Gasteiger partial charge < -0.3 is 14.3 Å². The molecule has 0 aliphatic carbocycles. The molecule has 3 aromatic rings. The number of nitrogens with zero attached hydrogens (tertiary/aromatic N) is 3. The summed E-state index contributed by atoms with van der Waals surface area (Å²) in [4.78, 5) is 25.7. The standard InChI is InChI=1S/C16H14N4O4/c21-16(14-5-6-15(24-14)20(22)23)18-9-12-1-3-13(4-2-12)10-19-8-7-17-11-19/h1-8,11H,9-10H2,(H,18,21). The predicted octanol–water partition coefficient (Wildman–Crippen LogP) is 2.36. The van der Waals surface area contributed by atoms with Crippen LogP contribution in [0.5, 0.6) is 0 Å². The van der Waals surface area contributed by atoms with E-state index in [-0.39, 0.29) is 5.76 Å². The summed E-state index contributed by atoms with van der Waals surface area (Å²) in [5.41, 5.74) is 2.03. The summed E-state index contributed by atoms with van der Waals surface area (Å²) >= 11 is 0. The molecule has 8 nitrogen and oxygen atoms in total. The first-order chi connectivity index (χ1) is 11.6. The van der Waals surface area contributed by atoms with Gasteiger partial charge in [-0.3, -0.25) is 14.9 Å². The van der Waals surface area contributed by atoms with E-state index in [9.17, 15) is 14.9 Å². The number of amides is 1. The van der Waals surface area contributed by atoms with Gasteiger partial charge in [-0.1, -0.05) is 24.3 Å². The fraction of sp³-hybridized carbons (Fsp3) is 0.125. The number of rotatable bonds is 6. The minimum absolute atomic E-state index is 0.0848. The highest BCUT2D eigenvalue weighted by Gasteiger charge is 2.16. The number of hydrogen-bond acceptors (Lipinski definition) is 5. The number of carbonyl (C=O) groups is 1. The molecule has 1 aromatic carbocycles. The number of imidazole rings is 1. The fourth-order valence-electron chi connectivity index (χ4n) is 2.17. The zero-order chi connectivity index (χ0) is 16.9. The average Bonchev–Trinajstić information content (AvgIpc) is 3.25. The maximum absolute atomic E-state index is 11.9. The minimum atomic E-state index is -0.685. The Morgan fingerprint density at radius 3 is 2.58 bits per heavy atom. The maximum atomic E-state index is 11.9. The molecule has 0 bridgehead atoms. The number of nitro groups is 1. The van der Waals surface area contributed by atoms with Crippen molar-refractivity contribution < 1.29 is 14.1 Å². The van der Waals surface area contributed by atoms with Crippen molar-refractivity contribution >= 4 is 11.8 Å². The zero-order valence-electron chi connectivity index (χ0n) is 12.6. The summed E-state index contributed by atoms with van der Waals surface area (Å²) < 4.78 is 6.81. The molecule has 0 radical (unpaired) electrons. The van der Waals surface area contributed by atoms with Gasteiger partial charge in [0.15, 0.2) is 5.76 Å². The van der Waals surface area contributed by atoms with E-state index in [1.54, 1.807) is 12.5 Å². The van der Waals surface area contributed by atoms with Crippen LogP contribution in [-0.2, 0) is 13.1 Å². The lowest BCUT2D eigenvalue weighted by atomic mass is 10.1. The summed E-state index contributed by atoms with van der Waals surface area (Å²) in [6.07, 6.45) is 5.36. The summed E-state index contributed by atoms with van der Waals surface area (Å²) in [6.45, 7) is 1.03. The largest absolute Gasteiger partial charge is 0.433 e. The van der Waals surface area contributed by atoms with Crippen LogP contribution < -0.4 is 5.32 Å². The summed E-state index contributed by atoms with van der Waals surface area (Å²) in [5, 5.41) is 13.2. The lowest BCUT2D eigenvalue weighted by molar-refractivity contribution is -0.402. The van der Waals surface area contributed by atoms with Crippen LogP contribution in [0.15, 0.2) is 59.5 Å². The Morgan fingerprint density at radius 2 is 1.96 bits per heavy atom. The summed E-state index contributed by atoms with van der Waals surface area (Å²) in [5.74, 6) is -1.03. The molecule has 0 fully saturated rings. The highest BCUT2D eigenvalue weighted by atomic mass is 16.6. The predicted molar refractivity (Wildman–Crippen MR) is 84.3 cm³/mol. The summed E-state index contributed by atoms with van der Waals surface area (Å²) in [7, 11) is 0. The van der Waals surface area contributed by atoms with Crippen LogP contribution in [0.1, 0.15) is 21.7 Å². The van der Waals surface area contributed by atoms with Gasteiger partial charge in [0.1, 0.15) is 4.92 Å². The number of furan rings is 1. The molecule has 0 atom stereocenters. The van der Waals surface area contributed by atoms with E-state index in [1.165, 1.54) is 6.07 Å². The number of aromatic nitrogens is 2. The third-order valence-corrected chi connectivity index (χ3v) is 3.40. The van der Waals surface area contributed by atoms with Crippen LogP contribution in [0.2, 0.25) is 0 Å². The first kappa shape index (κ1) is 15.5. The normalized spacial score (nSPS) is 10.5. The van der Waals surface area contributed by atoms with Crippen molar-refractivity contribution in [2.45, 2.75) is 13.1 Å². The van der Waals surface area contributed by atoms with Crippen molar-refractivity contribution in [2.24, 2.45) is 0 Å². The number of benzene rings is 1. The molecule has 0 aliphatic rings. The van der Waals surface area contributed by atoms with Crippen LogP contribution in [0.4, 0.5) is 5.88 Å². The van der Waals surface area contributed by atoms with E-state index >= 15 is 0 Å².